The maximum Gasteiger partial charge on any atom is 0.123 e. The number of halogens is 1. The van der Waals surface area contributed by atoms with Crippen molar-refractivity contribution in [3.63, 3.8) is 0 Å². The van der Waals surface area contributed by atoms with Crippen molar-refractivity contribution in [1.82, 2.24) is 0 Å². The van der Waals surface area contributed by atoms with Crippen LogP contribution in [-0.4, -0.2) is 5.11 Å². The number of aliphatic hydroxyl groups is 1. The molecule has 0 aliphatic rings. The number of hydrogen-bond donors (Lipinski definition) is 1. The van der Waals surface area contributed by atoms with Crippen LogP contribution in [0.25, 0.3) is 0 Å². The Morgan fingerprint density at radius 2 is 2.06 bits per heavy atom. The second-order valence-corrected chi connectivity index (χ2v) is 5.78. The summed E-state index contributed by atoms with van der Waals surface area (Å²) in [5.74, 6) is -0.263. The zero-order chi connectivity index (χ0) is 12.5. The molecule has 0 aliphatic heterocycles. The van der Waals surface area contributed by atoms with Crippen LogP contribution in [0.5, 0.6) is 0 Å². The number of hydrogen-bond acceptors (Lipinski definition) is 2. The van der Waals surface area contributed by atoms with Crippen LogP contribution in [0.15, 0.2) is 36.4 Å². The molecule has 90 valence electrons. The average molecular weight is 250 g/mol. The van der Waals surface area contributed by atoms with Gasteiger partial charge < -0.3 is 5.11 Å². The Bertz CT molecular complexity index is 516. The molecule has 0 spiro atoms. The topological polar surface area (TPSA) is 20.2 Å². The van der Waals surface area contributed by atoms with Crippen LogP contribution >= 0.6 is 11.3 Å². The van der Waals surface area contributed by atoms with Crippen molar-refractivity contribution >= 4 is 11.3 Å². The largest absolute Gasteiger partial charge is 0.384 e. The van der Waals surface area contributed by atoms with Crippen LogP contribution in [0, 0.1) is 12.7 Å². The molecule has 17 heavy (non-hydrogen) atoms. The Labute approximate surface area is 105 Å². The normalized spacial score (nSPS) is 14.6. The molecule has 1 aromatic heterocycles. The molecule has 0 saturated carbocycles. The van der Waals surface area contributed by atoms with Gasteiger partial charge in [0.05, 0.1) is 5.60 Å². The van der Waals surface area contributed by atoms with E-state index in [1.807, 2.05) is 25.1 Å². The van der Waals surface area contributed by atoms with E-state index in [2.05, 4.69) is 0 Å². The molecule has 0 aliphatic carbocycles. The summed E-state index contributed by atoms with van der Waals surface area (Å²) in [6.45, 7) is 3.77. The Hall–Kier alpha value is -1.19. The maximum absolute atomic E-state index is 13.1. The van der Waals surface area contributed by atoms with Gasteiger partial charge in [-0.05, 0) is 43.7 Å². The van der Waals surface area contributed by atoms with Gasteiger partial charge >= 0.3 is 0 Å². The third kappa shape index (κ3) is 2.93. The Morgan fingerprint density at radius 3 is 2.65 bits per heavy atom. The highest BCUT2D eigenvalue weighted by Crippen LogP contribution is 2.31. The van der Waals surface area contributed by atoms with Gasteiger partial charge in [-0.2, -0.15) is 0 Å². The average Bonchev–Trinajstić information content (AvgIpc) is 2.65. The molecular formula is C14H15FOS. The van der Waals surface area contributed by atoms with Gasteiger partial charge in [-0.15, -0.1) is 11.3 Å². The van der Waals surface area contributed by atoms with E-state index in [4.69, 9.17) is 0 Å². The van der Waals surface area contributed by atoms with E-state index in [0.29, 0.717) is 6.42 Å². The monoisotopic (exact) mass is 250 g/mol. The molecule has 0 bridgehead atoms. The summed E-state index contributed by atoms with van der Waals surface area (Å²) >= 11 is 1.57. The standard InChI is InChI=1S/C14H15FOS/c1-10-6-7-13(17-10)14(2,16)9-11-4-3-5-12(15)8-11/h3-8,16H,9H2,1-2H3. The molecule has 2 rings (SSSR count). The fourth-order valence-corrected chi connectivity index (χ4v) is 2.77. The van der Waals surface area contributed by atoms with Gasteiger partial charge in [0.1, 0.15) is 5.82 Å². The molecule has 0 saturated heterocycles. The highest BCUT2D eigenvalue weighted by Gasteiger charge is 2.25. The fourth-order valence-electron chi connectivity index (χ4n) is 1.86. The zero-order valence-corrected chi connectivity index (χ0v) is 10.7. The van der Waals surface area contributed by atoms with Gasteiger partial charge in [0.2, 0.25) is 0 Å². The van der Waals surface area contributed by atoms with Crippen LogP contribution in [-0.2, 0) is 12.0 Å². The molecule has 0 radical (unpaired) electrons. The van der Waals surface area contributed by atoms with Gasteiger partial charge in [0, 0.05) is 16.2 Å². The predicted octanol–water partition coefficient (Wildman–Crippen LogP) is 3.65. The van der Waals surface area contributed by atoms with Crippen LogP contribution < -0.4 is 0 Å². The molecule has 1 atom stereocenters. The summed E-state index contributed by atoms with van der Waals surface area (Å²) in [5.41, 5.74) is -0.131. The van der Waals surface area contributed by atoms with Gasteiger partial charge in [-0.1, -0.05) is 12.1 Å². The van der Waals surface area contributed by atoms with Crippen LogP contribution in [0.3, 0.4) is 0 Å². The van der Waals surface area contributed by atoms with E-state index >= 15 is 0 Å². The number of thiophene rings is 1. The van der Waals surface area contributed by atoms with Crippen molar-refractivity contribution in [1.29, 1.82) is 0 Å². The lowest BCUT2D eigenvalue weighted by Crippen LogP contribution is -2.22. The van der Waals surface area contributed by atoms with Gasteiger partial charge in [0.25, 0.3) is 0 Å². The van der Waals surface area contributed by atoms with E-state index in [9.17, 15) is 9.50 Å². The van der Waals surface area contributed by atoms with Crippen LogP contribution in [0.4, 0.5) is 4.39 Å². The molecule has 1 nitrogen and oxygen atoms in total. The molecule has 3 heteroatoms. The first kappa shape index (κ1) is 12.3. The highest BCUT2D eigenvalue weighted by molar-refractivity contribution is 7.12. The minimum absolute atomic E-state index is 0.263. The third-order valence-electron chi connectivity index (χ3n) is 2.71. The van der Waals surface area contributed by atoms with Gasteiger partial charge in [-0.3, -0.25) is 0 Å². The number of aryl methyl sites for hydroxylation is 1. The Balaban J connectivity index is 2.22. The molecule has 1 heterocycles. The lowest BCUT2D eigenvalue weighted by Gasteiger charge is -2.22. The van der Waals surface area contributed by atoms with Crippen molar-refractivity contribution in [2.45, 2.75) is 25.9 Å². The summed E-state index contributed by atoms with van der Waals surface area (Å²) in [5, 5.41) is 10.4. The van der Waals surface area contributed by atoms with E-state index in [-0.39, 0.29) is 5.82 Å². The SMILES string of the molecule is Cc1ccc(C(C)(O)Cc2cccc(F)c2)s1. The molecule has 2 aromatic rings. The minimum Gasteiger partial charge on any atom is -0.384 e. The molecule has 1 unspecified atom stereocenters. The summed E-state index contributed by atoms with van der Waals surface area (Å²) in [6.07, 6.45) is 0.421. The zero-order valence-electron chi connectivity index (χ0n) is 9.90. The first-order chi connectivity index (χ1) is 7.97. The molecule has 1 aromatic carbocycles. The smallest absolute Gasteiger partial charge is 0.123 e. The lowest BCUT2D eigenvalue weighted by molar-refractivity contribution is 0.0614. The molecule has 0 fully saturated rings. The maximum atomic E-state index is 13.1. The van der Waals surface area contributed by atoms with Crippen molar-refractivity contribution in [3.8, 4) is 0 Å². The third-order valence-corrected chi connectivity index (χ3v) is 3.96. The first-order valence-electron chi connectivity index (χ1n) is 5.51. The minimum atomic E-state index is -0.938. The second-order valence-electron chi connectivity index (χ2n) is 4.49. The van der Waals surface area contributed by atoms with E-state index in [1.165, 1.54) is 17.0 Å². The Kier molecular flexibility index (Phi) is 3.31. The van der Waals surface area contributed by atoms with E-state index in [1.54, 1.807) is 24.3 Å². The van der Waals surface area contributed by atoms with Crippen LogP contribution in [0.1, 0.15) is 22.2 Å². The molecular weight excluding hydrogens is 235 g/mol. The molecule has 0 amide bonds. The first-order valence-corrected chi connectivity index (χ1v) is 6.33. The predicted molar refractivity (Wildman–Crippen MR) is 68.7 cm³/mol. The summed E-state index contributed by atoms with van der Waals surface area (Å²) < 4.78 is 13.1. The van der Waals surface area contributed by atoms with Gasteiger partial charge in [-0.25, -0.2) is 4.39 Å². The molecule has 1 N–H and O–H groups in total. The fraction of sp³-hybridized carbons (Fsp3) is 0.286. The summed E-state index contributed by atoms with van der Waals surface area (Å²) in [7, 11) is 0. The number of benzene rings is 1. The quantitative estimate of drug-likeness (QED) is 0.881. The van der Waals surface area contributed by atoms with Crippen LogP contribution in [0.2, 0.25) is 0 Å². The van der Waals surface area contributed by atoms with E-state index in [0.717, 1.165) is 10.4 Å². The number of rotatable bonds is 3. The van der Waals surface area contributed by atoms with Gasteiger partial charge in [0.15, 0.2) is 0 Å². The lowest BCUT2D eigenvalue weighted by atomic mass is 9.95. The van der Waals surface area contributed by atoms with Crippen molar-refractivity contribution < 1.29 is 9.50 Å². The van der Waals surface area contributed by atoms with E-state index < -0.39 is 5.60 Å². The van der Waals surface area contributed by atoms with Crippen molar-refractivity contribution in [2.75, 3.05) is 0 Å². The second kappa shape index (κ2) is 4.59. The van der Waals surface area contributed by atoms with Crippen molar-refractivity contribution in [3.05, 3.63) is 57.5 Å². The summed E-state index contributed by atoms with van der Waals surface area (Å²) in [6, 6.07) is 10.3. The summed E-state index contributed by atoms with van der Waals surface area (Å²) in [4.78, 5) is 2.08. The Morgan fingerprint density at radius 1 is 1.29 bits per heavy atom. The van der Waals surface area contributed by atoms with Crippen molar-refractivity contribution in [2.24, 2.45) is 0 Å². The highest BCUT2D eigenvalue weighted by atomic mass is 32.1.